The number of fused-ring (bicyclic) bond motifs is 5. The van der Waals surface area contributed by atoms with Crippen molar-refractivity contribution in [1.82, 2.24) is 25.3 Å². The number of cyclic esters (lactones) is 1. The van der Waals surface area contributed by atoms with E-state index in [4.69, 9.17) is 24.2 Å². The average Bonchev–Trinajstić information content (AvgIpc) is 3.44. The average molecular weight is 787 g/mol. The monoisotopic (exact) mass is 786 g/mol. The molecule has 2 saturated heterocycles. The van der Waals surface area contributed by atoms with E-state index < -0.39 is 29.1 Å². The number of amides is 2. The summed E-state index contributed by atoms with van der Waals surface area (Å²) in [4.78, 5) is 51.4. The molecule has 3 N–H and O–H groups in total. The summed E-state index contributed by atoms with van der Waals surface area (Å²) in [5, 5.41) is 17.9. The Hall–Kier alpha value is -3.82. The second-order valence-corrected chi connectivity index (χ2v) is 18.4. The second-order valence-electron chi connectivity index (χ2n) is 17.3. The van der Waals surface area contributed by atoms with Crippen LogP contribution in [0.15, 0.2) is 41.5 Å². The predicted octanol–water partition coefficient (Wildman–Crippen LogP) is 4.96. The van der Waals surface area contributed by atoms with E-state index in [-0.39, 0.29) is 61.8 Å². The van der Waals surface area contributed by atoms with Gasteiger partial charge in [-0.15, -0.1) is 11.8 Å². The van der Waals surface area contributed by atoms with E-state index in [0.29, 0.717) is 37.7 Å². The number of aliphatic imine (C=N–C) groups is 1. The smallest absolute Gasteiger partial charge is 0.355 e. The number of aliphatic hydroxyl groups is 1. The summed E-state index contributed by atoms with van der Waals surface area (Å²) in [5.74, 6) is -0.0872. The van der Waals surface area contributed by atoms with Crippen LogP contribution in [0.1, 0.15) is 82.8 Å². The van der Waals surface area contributed by atoms with Gasteiger partial charge in [-0.25, -0.2) is 4.79 Å². The van der Waals surface area contributed by atoms with Gasteiger partial charge in [0.2, 0.25) is 11.6 Å². The number of nitrogens with one attached hydrogen (secondary N) is 2. The highest BCUT2D eigenvalue weighted by Gasteiger charge is 2.50. The number of carbonyl (C=O) groups is 3. The molecule has 1 aromatic carbocycles. The molecule has 0 radical (unpaired) electrons. The first-order chi connectivity index (χ1) is 26.8. The van der Waals surface area contributed by atoms with Crippen LogP contribution in [0.5, 0.6) is 0 Å². The van der Waals surface area contributed by atoms with Crippen molar-refractivity contribution in [3.05, 3.63) is 53.3 Å². The van der Waals surface area contributed by atoms with Gasteiger partial charge in [-0.05, 0) is 67.0 Å². The van der Waals surface area contributed by atoms with E-state index in [1.807, 2.05) is 26.8 Å². The van der Waals surface area contributed by atoms with Crippen LogP contribution in [0.2, 0.25) is 0 Å². The summed E-state index contributed by atoms with van der Waals surface area (Å²) in [6.07, 6.45) is 2.72. The minimum absolute atomic E-state index is 0.0176. The molecule has 1 aliphatic carbocycles. The van der Waals surface area contributed by atoms with Crippen molar-refractivity contribution in [2.24, 2.45) is 34.1 Å². The van der Waals surface area contributed by atoms with E-state index in [0.717, 1.165) is 50.6 Å². The molecule has 2 aromatic heterocycles. The number of hydrogen-bond donors (Lipinski definition) is 3. The predicted molar refractivity (Wildman–Crippen MR) is 213 cm³/mol. The highest BCUT2D eigenvalue weighted by molar-refractivity contribution is 8.14. The van der Waals surface area contributed by atoms with E-state index in [1.54, 1.807) is 25.1 Å². The number of nitrogens with zero attached hydrogens (tertiary/aromatic N) is 4. The number of aromatic nitrogens is 2. The first kappa shape index (κ1) is 39.0. The number of carbonyl (C=O) groups excluding carboxylic acids is 3. The number of rotatable bonds is 7. The summed E-state index contributed by atoms with van der Waals surface area (Å²) in [6, 6.07) is 9.59. The maximum Gasteiger partial charge on any atom is 0.355 e. The Labute approximate surface area is 332 Å². The first-order valence-corrected chi connectivity index (χ1v) is 20.9. The highest BCUT2D eigenvalue weighted by Crippen LogP contribution is 2.46. The van der Waals surface area contributed by atoms with Crippen molar-refractivity contribution in [2.45, 2.75) is 90.8 Å². The quantitative estimate of drug-likeness (QED) is 0.280. The maximum absolute atomic E-state index is 14.2. The van der Waals surface area contributed by atoms with E-state index in [1.165, 1.54) is 5.01 Å². The topological polar surface area (TPSA) is 157 Å². The minimum atomic E-state index is -2.12. The van der Waals surface area contributed by atoms with Gasteiger partial charge in [-0.3, -0.25) is 24.6 Å². The van der Waals surface area contributed by atoms with Crippen molar-refractivity contribution in [3.63, 3.8) is 0 Å². The fourth-order valence-electron chi connectivity index (χ4n) is 8.75. The van der Waals surface area contributed by atoms with Gasteiger partial charge < -0.3 is 29.2 Å². The third-order valence-corrected chi connectivity index (χ3v) is 13.6. The van der Waals surface area contributed by atoms with E-state index >= 15 is 0 Å². The Balaban J connectivity index is 1.25. The molecule has 4 aliphatic heterocycles. The van der Waals surface area contributed by atoms with Gasteiger partial charge in [0.15, 0.2) is 0 Å². The fourth-order valence-corrected chi connectivity index (χ4v) is 9.86. The highest BCUT2D eigenvalue weighted by atomic mass is 32.2. The van der Waals surface area contributed by atoms with Crippen molar-refractivity contribution in [2.75, 3.05) is 39.2 Å². The molecule has 3 fully saturated rings. The van der Waals surface area contributed by atoms with Gasteiger partial charge in [-0.2, -0.15) is 5.43 Å². The second kappa shape index (κ2) is 15.2. The van der Waals surface area contributed by atoms with Gasteiger partial charge in [-0.1, -0.05) is 33.8 Å². The van der Waals surface area contributed by atoms with Crippen LogP contribution in [0, 0.1) is 29.1 Å². The molecule has 0 spiro atoms. The maximum atomic E-state index is 14.2. The third-order valence-electron chi connectivity index (χ3n) is 12.5. The van der Waals surface area contributed by atoms with Crippen LogP contribution in [0.4, 0.5) is 0 Å². The van der Waals surface area contributed by atoms with Gasteiger partial charge in [0.1, 0.15) is 6.04 Å². The number of pyridine rings is 1. The summed E-state index contributed by atoms with van der Waals surface area (Å²) in [6.45, 7) is 12.6. The Morgan fingerprint density at radius 3 is 2.70 bits per heavy atom. The molecule has 56 heavy (non-hydrogen) atoms. The van der Waals surface area contributed by atoms with Gasteiger partial charge in [0, 0.05) is 78.7 Å². The SMILES string of the molecule is CO[C@@H](C)c1ncccc1-c1c2c3cc(ccc3n1CC1COC1)C1CSC(=N1)C[C@H](NC(=O)[C@H]1[C@H](C)[C@@H]1C)C(=O)N1CCC[C@@](O)(N1)C(=O)OCC(C)(C)C2. The Kier molecular flexibility index (Phi) is 10.6. The van der Waals surface area contributed by atoms with Gasteiger partial charge in [0.25, 0.3) is 5.91 Å². The fraction of sp³-hybridized carbons (Fsp3) is 0.595. The zero-order valence-electron chi connectivity index (χ0n) is 33.2. The normalized spacial score (nSPS) is 29.9. The van der Waals surface area contributed by atoms with Crippen molar-refractivity contribution >= 4 is 45.5 Å². The Morgan fingerprint density at radius 2 is 1.98 bits per heavy atom. The number of methoxy groups -OCH3 is 1. The van der Waals surface area contributed by atoms with Crippen molar-refractivity contribution in [3.8, 4) is 11.3 Å². The number of benzene rings is 1. The largest absolute Gasteiger partial charge is 0.462 e. The molecular formula is C42H54N6O7S. The number of ether oxygens (including phenoxy) is 3. The summed E-state index contributed by atoms with van der Waals surface area (Å²) in [7, 11) is 1.69. The van der Waals surface area contributed by atoms with Gasteiger partial charge in [0.05, 0.1) is 48.4 Å². The zero-order chi connectivity index (χ0) is 39.5. The summed E-state index contributed by atoms with van der Waals surface area (Å²) in [5.41, 5.74) is 6.23. The number of esters is 1. The van der Waals surface area contributed by atoms with Crippen molar-refractivity contribution < 1.29 is 33.7 Å². The molecule has 8 rings (SSSR count). The molecule has 2 amide bonds. The lowest BCUT2D eigenvalue weighted by molar-refractivity contribution is -0.189. The van der Waals surface area contributed by atoms with Crippen LogP contribution >= 0.6 is 11.8 Å². The molecule has 3 aromatic rings. The molecular weight excluding hydrogens is 733 g/mol. The number of hydrogen-bond acceptors (Lipinski definition) is 11. The lowest BCUT2D eigenvalue weighted by Gasteiger charge is -2.40. The molecule has 1 saturated carbocycles. The van der Waals surface area contributed by atoms with Crippen LogP contribution < -0.4 is 10.7 Å². The van der Waals surface area contributed by atoms with Crippen LogP contribution in [0.3, 0.4) is 0 Å². The molecule has 300 valence electrons. The van der Waals surface area contributed by atoms with E-state index in [9.17, 15) is 19.5 Å². The lowest BCUT2D eigenvalue weighted by Crippen LogP contribution is -2.67. The minimum Gasteiger partial charge on any atom is -0.462 e. The third kappa shape index (κ3) is 7.39. The molecule has 1 unspecified atom stereocenters. The number of hydrazine groups is 1. The standard InChI is InChI=1S/C42H54N6O7S/c1-23-24(2)35(23)38(49)45-31-16-34-44-32(21-56-34)27-10-11-33-29(15-27)30(17-41(4,5)22-55-40(51)42(52)12-8-14-48(46-42)39(31)50)37(47(33)18-26-19-54-20-26)28-9-7-13-43-36(28)25(3)53-6/h7,9-11,13,15,23-26,31-32,35,46,52H,8,12,14,16-22H2,1-6H3,(H,45,49)/t23-,24+,25-,31-,32?,35+,42-/m0/s1. The molecule has 7 atom stereocenters. The zero-order valence-corrected chi connectivity index (χ0v) is 34.0. The Bertz CT molecular complexity index is 2060. The molecule has 14 heteroatoms. The summed E-state index contributed by atoms with van der Waals surface area (Å²) < 4.78 is 19.8. The van der Waals surface area contributed by atoms with Crippen LogP contribution in [-0.4, -0.2) is 93.5 Å². The molecule has 6 heterocycles. The summed E-state index contributed by atoms with van der Waals surface area (Å²) >= 11 is 1.60. The molecule has 5 aliphatic rings. The molecule has 6 bridgehead atoms. The lowest BCUT2D eigenvalue weighted by atomic mass is 9.84. The first-order valence-electron chi connectivity index (χ1n) is 20.0. The number of thioether (sulfide) groups is 1. The molecule has 13 nitrogen and oxygen atoms in total. The van der Waals surface area contributed by atoms with Gasteiger partial charge >= 0.3 is 5.97 Å². The Morgan fingerprint density at radius 1 is 1.20 bits per heavy atom. The van der Waals surface area contributed by atoms with Crippen molar-refractivity contribution in [1.29, 1.82) is 0 Å². The van der Waals surface area contributed by atoms with Crippen LogP contribution in [-0.2, 0) is 41.6 Å². The van der Waals surface area contributed by atoms with Crippen LogP contribution in [0.25, 0.3) is 22.2 Å². The van der Waals surface area contributed by atoms with E-state index in [2.05, 4.69) is 53.4 Å².